The molecule has 1 aromatic rings. The lowest BCUT2D eigenvalue weighted by Crippen LogP contribution is -2.57. The van der Waals surface area contributed by atoms with Crippen LogP contribution in [0.25, 0.3) is 0 Å². The molecular formula is C28H39N3O3. The van der Waals surface area contributed by atoms with Crippen molar-refractivity contribution in [1.82, 2.24) is 15.5 Å². The van der Waals surface area contributed by atoms with Crippen LogP contribution in [0.1, 0.15) is 84.3 Å². The van der Waals surface area contributed by atoms with E-state index in [4.69, 9.17) is 0 Å². The summed E-state index contributed by atoms with van der Waals surface area (Å²) in [6.45, 7) is 10.0. The summed E-state index contributed by atoms with van der Waals surface area (Å²) in [5, 5.41) is 6.01. The number of carbonyl (C=O) groups excluding carboxylic acids is 3. The van der Waals surface area contributed by atoms with E-state index in [9.17, 15) is 14.4 Å². The Labute approximate surface area is 203 Å². The fourth-order valence-electron chi connectivity index (χ4n) is 7.63. The van der Waals surface area contributed by atoms with E-state index >= 15 is 0 Å². The van der Waals surface area contributed by atoms with Crippen LogP contribution in [0.15, 0.2) is 24.3 Å². The van der Waals surface area contributed by atoms with Gasteiger partial charge in [-0.25, -0.2) is 4.79 Å². The van der Waals surface area contributed by atoms with E-state index in [1.165, 1.54) is 38.5 Å². The third-order valence-corrected chi connectivity index (χ3v) is 9.29. The first-order chi connectivity index (χ1) is 15.9. The number of nitrogens with one attached hydrogen (secondary N) is 2. The van der Waals surface area contributed by atoms with Gasteiger partial charge in [0.05, 0.1) is 0 Å². The summed E-state index contributed by atoms with van der Waals surface area (Å²) in [5.41, 5.74) is 0.903. The van der Waals surface area contributed by atoms with E-state index in [-0.39, 0.29) is 35.2 Å². The maximum Gasteiger partial charge on any atom is 0.325 e. The Morgan fingerprint density at radius 2 is 1.59 bits per heavy atom. The van der Waals surface area contributed by atoms with Crippen LogP contribution in [0, 0.1) is 23.2 Å². The van der Waals surface area contributed by atoms with Crippen molar-refractivity contribution in [2.75, 3.05) is 6.54 Å². The lowest BCUT2D eigenvalue weighted by atomic mass is 9.48. The zero-order valence-corrected chi connectivity index (χ0v) is 21.2. The second-order valence-corrected chi connectivity index (χ2v) is 12.8. The number of urea groups is 1. The average Bonchev–Trinajstić information content (AvgIpc) is 2.96. The van der Waals surface area contributed by atoms with Crippen LogP contribution in [0.3, 0.4) is 0 Å². The number of amides is 4. The fourth-order valence-corrected chi connectivity index (χ4v) is 7.63. The molecule has 6 rings (SSSR count). The molecule has 1 heterocycles. The quantitative estimate of drug-likeness (QED) is 0.630. The lowest BCUT2D eigenvalue weighted by molar-refractivity contribution is -0.136. The van der Waals surface area contributed by atoms with E-state index in [2.05, 4.69) is 38.3 Å². The number of carbonyl (C=O) groups is 3. The van der Waals surface area contributed by atoms with Gasteiger partial charge in [-0.05, 0) is 92.1 Å². The molecule has 4 aliphatic carbocycles. The van der Waals surface area contributed by atoms with Crippen LogP contribution in [0.4, 0.5) is 4.79 Å². The molecule has 2 N–H and O–H groups in total. The number of hydrogen-bond acceptors (Lipinski definition) is 3. The van der Waals surface area contributed by atoms with Gasteiger partial charge in [0.25, 0.3) is 5.91 Å². The molecule has 34 heavy (non-hydrogen) atoms. The lowest BCUT2D eigenvalue weighted by Gasteiger charge is -2.59. The Balaban J connectivity index is 1.25. The van der Waals surface area contributed by atoms with Crippen LogP contribution in [-0.2, 0) is 20.5 Å². The second-order valence-electron chi connectivity index (χ2n) is 12.8. The number of nitrogens with zero attached hydrogens (tertiary/aromatic N) is 1. The largest absolute Gasteiger partial charge is 0.352 e. The van der Waals surface area contributed by atoms with Crippen molar-refractivity contribution in [3.05, 3.63) is 35.4 Å². The second kappa shape index (κ2) is 7.82. The van der Waals surface area contributed by atoms with E-state index in [0.29, 0.717) is 0 Å². The Morgan fingerprint density at radius 3 is 2.09 bits per heavy atom. The molecule has 0 spiro atoms. The van der Waals surface area contributed by atoms with Crippen LogP contribution in [0.5, 0.6) is 0 Å². The molecular weight excluding hydrogens is 426 g/mol. The van der Waals surface area contributed by atoms with E-state index in [1.54, 1.807) is 6.92 Å². The highest BCUT2D eigenvalue weighted by Gasteiger charge is 2.54. The van der Waals surface area contributed by atoms with Gasteiger partial charge in [-0.1, -0.05) is 45.0 Å². The minimum atomic E-state index is -1.17. The Hall–Kier alpha value is -2.37. The normalized spacial score (nSPS) is 35.4. The van der Waals surface area contributed by atoms with Crippen LogP contribution >= 0.6 is 0 Å². The molecule has 5 fully saturated rings. The number of hydrogen-bond donors (Lipinski definition) is 2. The molecule has 4 bridgehead atoms. The summed E-state index contributed by atoms with van der Waals surface area (Å²) in [5.74, 6) is 1.79. The van der Waals surface area contributed by atoms with Crippen LogP contribution in [0.2, 0.25) is 0 Å². The first kappa shape index (κ1) is 23.4. The van der Waals surface area contributed by atoms with Gasteiger partial charge in [-0.3, -0.25) is 14.5 Å². The summed E-state index contributed by atoms with van der Waals surface area (Å²) in [6.07, 6.45) is 7.68. The fraction of sp³-hybridized carbons (Fsp3) is 0.679. The van der Waals surface area contributed by atoms with Gasteiger partial charge in [0.1, 0.15) is 12.1 Å². The molecule has 0 unspecified atom stereocenters. The van der Waals surface area contributed by atoms with Crippen molar-refractivity contribution >= 4 is 17.8 Å². The summed E-state index contributed by atoms with van der Waals surface area (Å²) < 4.78 is 0. The highest BCUT2D eigenvalue weighted by atomic mass is 16.2. The summed E-state index contributed by atoms with van der Waals surface area (Å²) in [4.78, 5) is 40.2. The third-order valence-electron chi connectivity index (χ3n) is 9.29. The molecule has 0 aromatic heterocycles. The first-order valence-electron chi connectivity index (χ1n) is 12.9. The van der Waals surface area contributed by atoms with Gasteiger partial charge >= 0.3 is 6.03 Å². The molecule has 4 amide bonds. The van der Waals surface area contributed by atoms with E-state index in [1.807, 2.05) is 24.3 Å². The molecule has 0 radical (unpaired) electrons. The van der Waals surface area contributed by atoms with Crippen molar-refractivity contribution in [3.63, 3.8) is 0 Å². The van der Waals surface area contributed by atoms with Gasteiger partial charge < -0.3 is 10.6 Å². The van der Waals surface area contributed by atoms with Gasteiger partial charge in [-0.2, -0.15) is 0 Å². The van der Waals surface area contributed by atoms with Crippen molar-refractivity contribution in [3.8, 4) is 0 Å². The molecule has 6 nitrogen and oxygen atoms in total. The summed E-state index contributed by atoms with van der Waals surface area (Å²) in [7, 11) is 0. The predicted octanol–water partition coefficient (Wildman–Crippen LogP) is 4.47. The smallest absolute Gasteiger partial charge is 0.325 e. The SMILES string of the molecule is C[C@H](NC(=O)CN1C(=O)N[C@@](C)(c2ccc(C(C)(C)C)cc2)C1=O)C12CC3CC(CC(C3)C1)C2. The van der Waals surface area contributed by atoms with Crippen LogP contribution < -0.4 is 10.6 Å². The molecule has 4 saturated carbocycles. The average molecular weight is 466 g/mol. The predicted molar refractivity (Wildman–Crippen MR) is 131 cm³/mol. The Bertz CT molecular complexity index is 973. The minimum absolute atomic E-state index is 0.000119. The number of benzene rings is 1. The maximum atomic E-state index is 13.3. The van der Waals surface area contributed by atoms with E-state index in [0.717, 1.165) is 33.8 Å². The van der Waals surface area contributed by atoms with Gasteiger partial charge in [0.15, 0.2) is 0 Å². The van der Waals surface area contributed by atoms with Crippen molar-refractivity contribution < 1.29 is 14.4 Å². The zero-order chi connectivity index (χ0) is 24.5. The molecule has 6 heteroatoms. The Morgan fingerprint density at radius 1 is 1.06 bits per heavy atom. The molecule has 1 saturated heterocycles. The monoisotopic (exact) mass is 465 g/mol. The molecule has 1 aromatic carbocycles. The summed E-state index contributed by atoms with van der Waals surface area (Å²) >= 11 is 0. The highest BCUT2D eigenvalue weighted by Crippen LogP contribution is 2.61. The number of imide groups is 1. The van der Waals surface area contributed by atoms with Crippen molar-refractivity contribution in [2.24, 2.45) is 23.2 Å². The molecule has 1 aliphatic heterocycles. The van der Waals surface area contributed by atoms with Crippen molar-refractivity contribution in [2.45, 2.75) is 90.1 Å². The third kappa shape index (κ3) is 3.83. The topological polar surface area (TPSA) is 78.5 Å². The van der Waals surface area contributed by atoms with Gasteiger partial charge in [0, 0.05) is 6.04 Å². The molecule has 5 aliphatic rings. The summed E-state index contributed by atoms with van der Waals surface area (Å²) in [6, 6.07) is 7.36. The Kier molecular flexibility index (Phi) is 5.38. The van der Waals surface area contributed by atoms with Crippen molar-refractivity contribution in [1.29, 1.82) is 0 Å². The maximum absolute atomic E-state index is 13.3. The highest BCUT2D eigenvalue weighted by molar-refractivity contribution is 6.09. The molecule has 184 valence electrons. The van der Waals surface area contributed by atoms with Gasteiger partial charge in [-0.15, -0.1) is 0 Å². The van der Waals surface area contributed by atoms with Crippen LogP contribution in [-0.4, -0.2) is 35.3 Å². The molecule has 2 atom stereocenters. The number of rotatable bonds is 5. The zero-order valence-electron chi connectivity index (χ0n) is 21.2. The van der Waals surface area contributed by atoms with E-state index < -0.39 is 11.6 Å². The minimum Gasteiger partial charge on any atom is -0.352 e. The standard InChI is InChI=1S/C28H39N3O3/c1-17(28-13-18-10-19(14-28)12-20(11-18)15-28)29-23(32)16-31-24(33)27(5,30-25(31)34)22-8-6-21(7-9-22)26(2,3)4/h6-9,17-20H,10-16H2,1-5H3,(H,29,32)(H,30,34)/t17-,18?,19?,20?,27-,28?/m0/s1. The van der Waals surface area contributed by atoms with Gasteiger partial charge in [0.2, 0.25) is 5.91 Å². The first-order valence-corrected chi connectivity index (χ1v) is 12.9.